The van der Waals surface area contributed by atoms with Crippen LogP contribution in [0, 0.1) is 0 Å². The van der Waals surface area contributed by atoms with E-state index in [2.05, 4.69) is 15.2 Å². The molecule has 1 fully saturated rings. The molecule has 150 valence electrons. The molecule has 4 rings (SSSR count). The number of fused-ring (bicyclic) bond motifs is 1. The van der Waals surface area contributed by atoms with Gasteiger partial charge in [0, 0.05) is 26.2 Å². The van der Waals surface area contributed by atoms with Crippen LogP contribution in [-0.2, 0) is 11.3 Å². The summed E-state index contributed by atoms with van der Waals surface area (Å²) >= 11 is 6.11. The van der Waals surface area contributed by atoms with Gasteiger partial charge in [-0.05, 0) is 24.3 Å². The molecule has 0 bridgehead atoms. The number of nitrogens with zero attached hydrogens (tertiary/aromatic N) is 3. The average molecular weight is 413 g/mol. The number of morpholine rings is 1. The number of carbonyl (C=O) groups is 1. The highest BCUT2D eigenvalue weighted by atomic mass is 35.5. The van der Waals surface area contributed by atoms with Crippen molar-refractivity contribution < 1.29 is 9.53 Å². The van der Waals surface area contributed by atoms with Crippen LogP contribution in [0.1, 0.15) is 10.4 Å². The first-order valence-electron chi connectivity index (χ1n) is 9.49. The van der Waals surface area contributed by atoms with Crippen molar-refractivity contribution in [2.75, 3.05) is 38.2 Å². The Hall–Kier alpha value is -2.74. The summed E-state index contributed by atoms with van der Waals surface area (Å²) in [6.07, 6.45) is 0. The van der Waals surface area contributed by atoms with Gasteiger partial charge < -0.3 is 14.6 Å². The predicted octanol–water partition coefficient (Wildman–Crippen LogP) is 2.63. The van der Waals surface area contributed by atoms with Crippen molar-refractivity contribution in [2.45, 2.75) is 6.54 Å². The van der Waals surface area contributed by atoms with Gasteiger partial charge in [0.2, 0.25) is 0 Å². The molecule has 2 aromatic carbocycles. The lowest BCUT2D eigenvalue weighted by atomic mass is 10.2. The van der Waals surface area contributed by atoms with Gasteiger partial charge in [0.05, 0.1) is 34.8 Å². The van der Waals surface area contributed by atoms with Crippen molar-refractivity contribution >= 4 is 34.4 Å². The van der Waals surface area contributed by atoms with Gasteiger partial charge in [-0.15, -0.1) is 0 Å². The highest BCUT2D eigenvalue weighted by Crippen LogP contribution is 2.17. The number of anilines is 1. The van der Waals surface area contributed by atoms with Crippen molar-refractivity contribution in [3.63, 3.8) is 0 Å². The zero-order valence-corrected chi connectivity index (χ0v) is 16.6. The molecule has 0 atom stereocenters. The molecule has 3 aromatic rings. The fraction of sp³-hybridized carbons (Fsp3) is 0.286. The maximum absolute atomic E-state index is 13.1. The normalized spacial score (nSPS) is 14.8. The molecule has 7 nitrogen and oxygen atoms in total. The number of halogens is 1. The van der Waals surface area contributed by atoms with Crippen LogP contribution in [0.15, 0.2) is 53.3 Å². The Kier molecular flexibility index (Phi) is 5.89. The Balaban J connectivity index is 1.65. The molecular formula is C21H21ClN4O3. The summed E-state index contributed by atoms with van der Waals surface area (Å²) in [5, 5.41) is 2.95. The molecular weight excluding hydrogens is 392 g/mol. The van der Waals surface area contributed by atoms with E-state index in [-0.39, 0.29) is 11.4 Å². The standard InChI is InChI=1S/C21H21ClN4O3/c22-16-6-2-1-5-15(16)20(27)24-19-21(28)26(10-9-25-11-13-29-14-12-25)18-8-4-3-7-17(18)23-19/h1-8H,9-14H2,(H,23,24,27). The second-order valence-corrected chi connectivity index (χ2v) is 7.20. The first-order chi connectivity index (χ1) is 14.1. The van der Waals surface area contributed by atoms with Crippen molar-refractivity contribution in [2.24, 2.45) is 0 Å². The molecule has 2 heterocycles. The van der Waals surface area contributed by atoms with E-state index < -0.39 is 5.91 Å². The third kappa shape index (κ3) is 4.32. The van der Waals surface area contributed by atoms with E-state index in [4.69, 9.17) is 16.3 Å². The molecule has 0 radical (unpaired) electrons. The number of nitrogens with one attached hydrogen (secondary N) is 1. The number of carbonyl (C=O) groups excluding carboxylic acids is 1. The molecule has 29 heavy (non-hydrogen) atoms. The smallest absolute Gasteiger partial charge is 0.294 e. The topological polar surface area (TPSA) is 76.5 Å². The van der Waals surface area contributed by atoms with E-state index in [1.165, 1.54) is 0 Å². The van der Waals surface area contributed by atoms with E-state index in [0.29, 0.717) is 35.9 Å². The molecule has 1 aliphatic rings. The maximum Gasteiger partial charge on any atom is 0.294 e. The quantitative estimate of drug-likeness (QED) is 0.697. The van der Waals surface area contributed by atoms with Crippen LogP contribution in [0.3, 0.4) is 0 Å². The SMILES string of the molecule is O=C(Nc1nc2ccccc2n(CCN2CCOCC2)c1=O)c1ccccc1Cl. The summed E-state index contributed by atoms with van der Waals surface area (Å²) in [4.78, 5) is 32.4. The zero-order chi connectivity index (χ0) is 20.2. The summed E-state index contributed by atoms with van der Waals surface area (Å²) in [5.74, 6) is -0.467. The van der Waals surface area contributed by atoms with Crippen LogP contribution in [-0.4, -0.2) is 53.2 Å². The van der Waals surface area contributed by atoms with Crippen LogP contribution in [0.2, 0.25) is 5.02 Å². The number of hydrogen-bond donors (Lipinski definition) is 1. The zero-order valence-electron chi connectivity index (χ0n) is 15.8. The summed E-state index contributed by atoms with van der Waals surface area (Å²) in [6, 6.07) is 14.1. The second-order valence-electron chi connectivity index (χ2n) is 6.79. The number of para-hydroxylation sites is 2. The average Bonchev–Trinajstić information content (AvgIpc) is 2.75. The molecule has 0 spiro atoms. The third-order valence-corrected chi connectivity index (χ3v) is 5.28. The monoisotopic (exact) mass is 412 g/mol. The third-order valence-electron chi connectivity index (χ3n) is 4.95. The van der Waals surface area contributed by atoms with Gasteiger partial charge in [0.15, 0.2) is 5.82 Å². The van der Waals surface area contributed by atoms with Gasteiger partial charge in [0.25, 0.3) is 11.5 Å². The molecule has 0 aliphatic carbocycles. The van der Waals surface area contributed by atoms with Gasteiger partial charge in [-0.2, -0.15) is 0 Å². The molecule has 0 unspecified atom stereocenters. The van der Waals surface area contributed by atoms with Gasteiger partial charge in [0.1, 0.15) is 0 Å². The number of rotatable bonds is 5. The first kappa shape index (κ1) is 19.6. The van der Waals surface area contributed by atoms with Crippen molar-refractivity contribution in [1.29, 1.82) is 0 Å². The van der Waals surface area contributed by atoms with Crippen LogP contribution in [0.5, 0.6) is 0 Å². The van der Waals surface area contributed by atoms with Gasteiger partial charge in [-0.1, -0.05) is 35.9 Å². The van der Waals surface area contributed by atoms with Gasteiger partial charge >= 0.3 is 0 Å². The van der Waals surface area contributed by atoms with E-state index in [1.54, 1.807) is 28.8 Å². The fourth-order valence-electron chi connectivity index (χ4n) is 3.38. The minimum absolute atomic E-state index is 0.00408. The van der Waals surface area contributed by atoms with E-state index >= 15 is 0 Å². The van der Waals surface area contributed by atoms with Crippen molar-refractivity contribution in [3.8, 4) is 0 Å². The Labute approximate surface area is 172 Å². The van der Waals surface area contributed by atoms with Crippen LogP contribution >= 0.6 is 11.6 Å². The molecule has 1 N–H and O–H groups in total. The number of hydrogen-bond acceptors (Lipinski definition) is 5. The fourth-order valence-corrected chi connectivity index (χ4v) is 3.60. The Morgan fingerprint density at radius 2 is 1.79 bits per heavy atom. The van der Waals surface area contributed by atoms with Crippen molar-refractivity contribution in [1.82, 2.24) is 14.5 Å². The second kappa shape index (κ2) is 8.73. The number of benzene rings is 2. The summed E-state index contributed by atoms with van der Waals surface area (Å²) < 4.78 is 7.05. The Bertz CT molecular complexity index is 1090. The first-order valence-corrected chi connectivity index (χ1v) is 9.87. The summed E-state index contributed by atoms with van der Waals surface area (Å²) in [6.45, 7) is 4.30. The van der Waals surface area contributed by atoms with Gasteiger partial charge in [-0.3, -0.25) is 14.5 Å². The van der Waals surface area contributed by atoms with Crippen LogP contribution < -0.4 is 10.9 Å². The molecule has 1 amide bonds. The largest absolute Gasteiger partial charge is 0.379 e. The van der Waals surface area contributed by atoms with E-state index in [0.717, 1.165) is 25.2 Å². The lowest BCUT2D eigenvalue weighted by Crippen LogP contribution is -2.39. The summed E-state index contributed by atoms with van der Waals surface area (Å²) in [7, 11) is 0. The molecule has 1 aliphatic heterocycles. The van der Waals surface area contributed by atoms with Crippen molar-refractivity contribution in [3.05, 3.63) is 69.5 Å². The van der Waals surface area contributed by atoms with Crippen LogP contribution in [0.25, 0.3) is 11.0 Å². The number of amides is 1. The molecule has 8 heteroatoms. The predicted molar refractivity (Wildman–Crippen MR) is 113 cm³/mol. The Morgan fingerprint density at radius 3 is 2.59 bits per heavy atom. The molecule has 1 aromatic heterocycles. The lowest BCUT2D eigenvalue weighted by molar-refractivity contribution is 0.0364. The van der Waals surface area contributed by atoms with Crippen LogP contribution in [0.4, 0.5) is 5.82 Å². The number of ether oxygens (including phenoxy) is 1. The molecule has 1 saturated heterocycles. The molecule has 0 saturated carbocycles. The highest BCUT2D eigenvalue weighted by Gasteiger charge is 2.17. The minimum Gasteiger partial charge on any atom is -0.379 e. The maximum atomic E-state index is 13.1. The Morgan fingerprint density at radius 1 is 1.07 bits per heavy atom. The van der Waals surface area contributed by atoms with E-state index in [1.807, 2.05) is 24.3 Å². The van der Waals surface area contributed by atoms with Gasteiger partial charge in [-0.25, -0.2) is 4.98 Å². The highest BCUT2D eigenvalue weighted by molar-refractivity contribution is 6.34. The van der Waals surface area contributed by atoms with E-state index in [9.17, 15) is 9.59 Å². The lowest BCUT2D eigenvalue weighted by Gasteiger charge is -2.27. The minimum atomic E-state index is -0.463. The summed E-state index contributed by atoms with van der Waals surface area (Å²) in [5.41, 5.74) is 1.34. The number of aromatic nitrogens is 2.